The van der Waals surface area contributed by atoms with Crippen molar-refractivity contribution in [3.05, 3.63) is 54.2 Å². The highest BCUT2D eigenvalue weighted by Gasteiger charge is 2.08. The summed E-state index contributed by atoms with van der Waals surface area (Å²) in [5, 5.41) is 6.58. The van der Waals surface area contributed by atoms with Gasteiger partial charge in [0, 0.05) is 17.5 Å². The summed E-state index contributed by atoms with van der Waals surface area (Å²) in [6, 6.07) is 11.9. The first kappa shape index (κ1) is 17.1. The summed E-state index contributed by atoms with van der Waals surface area (Å²) in [5.41, 5.74) is 3.31. The van der Waals surface area contributed by atoms with Crippen LogP contribution in [0, 0.1) is 0 Å². The molecule has 2 rings (SSSR count). The monoisotopic (exact) mass is 326 g/mol. The van der Waals surface area contributed by atoms with Crippen LogP contribution < -0.4 is 15.5 Å². The Morgan fingerprint density at radius 1 is 1.21 bits per heavy atom. The quantitative estimate of drug-likeness (QED) is 0.629. The number of carbonyl (C=O) groups excluding carboxylic acids is 2. The maximum absolute atomic E-state index is 12.0. The van der Waals surface area contributed by atoms with Crippen molar-refractivity contribution >= 4 is 23.3 Å². The minimum absolute atomic E-state index is 0.0506. The molecule has 1 aromatic heterocycles. The Hall–Kier alpha value is -3.22. The molecule has 124 valence electrons. The normalized spacial score (nSPS) is 10.8. The van der Waals surface area contributed by atoms with Gasteiger partial charge >= 0.3 is 0 Å². The van der Waals surface area contributed by atoms with E-state index in [1.165, 1.54) is 7.11 Å². The Morgan fingerprint density at radius 2 is 2.04 bits per heavy atom. The van der Waals surface area contributed by atoms with Gasteiger partial charge in [-0.2, -0.15) is 5.10 Å². The van der Waals surface area contributed by atoms with Crippen molar-refractivity contribution in [2.24, 2.45) is 5.10 Å². The summed E-state index contributed by atoms with van der Waals surface area (Å²) in [6.45, 7) is 1.66. The number of nitrogens with one attached hydrogen (secondary N) is 2. The second-order valence-corrected chi connectivity index (χ2v) is 4.96. The minimum atomic E-state index is -0.376. The molecule has 7 nitrogen and oxygen atoms in total. The summed E-state index contributed by atoms with van der Waals surface area (Å²) < 4.78 is 5.07. The number of pyridine rings is 1. The molecule has 0 aliphatic rings. The number of benzene rings is 1. The SMILES string of the molecule is COc1cccc(C(=O)NN=C(C)CC(=O)Nc2ccccn2)c1. The predicted octanol–water partition coefficient (Wildman–Crippen LogP) is 2.22. The fraction of sp³-hybridized carbons (Fsp3) is 0.176. The minimum Gasteiger partial charge on any atom is -0.497 e. The molecular formula is C17H18N4O3. The number of carbonyl (C=O) groups is 2. The van der Waals surface area contributed by atoms with Crippen LogP contribution in [0.15, 0.2) is 53.8 Å². The molecular weight excluding hydrogens is 308 g/mol. The molecule has 1 aromatic carbocycles. The number of amides is 2. The molecule has 0 fully saturated rings. The Bertz CT molecular complexity index is 745. The van der Waals surface area contributed by atoms with E-state index in [1.807, 2.05) is 0 Å². The average Bonchev–Trinajstić information content (AvgIpc) is 2.60. The second-order valence-electron chi connectivity index (χ2n) is 4.96. The third kappa shape index (κ3) is 5.20. The van der Waals surface area contributed by atoms with Crippen LogP contribution >= 0.6 is 0 Å². The van der Waals surface area contributed by atoms with Crippen molar-refractivity contribution in [2.75, 3.05) is 12.4 Å². The number of rotatable bonds is 6. The van der Waals surface area contributed by atoms with Gasteiger partial charge in [0.25, 0.3) is 5.91 Å². The van der Waals surface area contributed by atoms with E-state index in [1.54, 1.807) is 55.6 Å². The summed E-state index contributed by atoms with van der Waals surface area (Å²) >= 11 is 0. The zero-order valence-electron chi connectivity index (χ0n) is 13.4. The molecule has 0 saturated heterocycles. The third-order valence-electron chi connectivity index (χ3n) is 3.03. The van der Waals surface area contributed by atoms with Gasteiger partial charge in [0.2, 0.25) is 5.91 Å². The standard InChI is InChI=1S/C17H18N4O3/c1-12(10-16(22)19-15-8-3-4-9-18-15)20-21-17(23)13-6-5-7-14(11-13)24-2/h3-9,11H,10H2,1-2H3,(H,21,23)(H,18,19,22). The highest BCUT2D eigenvalue weighted by molar-refractivity contribution is 6.05. The molecule has 2 aromatic rings. The topological polar surface area (TPSA) is 92.7 Å². The van der Waals surface area contributed by atoms with Crippen molar-refractivity contribution in [1.29, 1.82) is 0 Å². The first-order valence-electron chi connectivity index (χ1n) is 7.27. The smallest absolute Gasteiger partial charge is 0.271 e. The number of ether oxygens (including phenoxy) is 1. The van der Waals surface area contributed by atoms with Gasteiger partial charge in [-0.1, -0.05) is 12.1 Å². The van der Waals surface area contributed by atoms with Crippen LogP contribution in [0.1, 0.15) is 23.7 Å². The Kier molecular flexibility index (Phi) is 6.01. The van der Waals surface area contributed by atoms with Crippen molar-refractivity contribution in [2.45, 2.75) is 13.3 Å². The molecule has 0 unspecified atom stereocenters. The van der Waals surface area contributed by atoms with Crippen LogP contribution in [0.3, 0.4) is 0 Å². The molecule has 7 heteroatoms. The largest absolute Gasteiger partial charge is 0.497 e. The lowest BCUT2D eigenvalue weighted by atomic mass is 10.2. The van der Waals surface area contributed by atoms with Crippen molar-refractivity contribution < 1.29 is 14.3 Å². The lowest BCUT2D eigenvalue weighted by Gasteiger charge is -2.05. The van der Waals surface area contributed by atoms with Crippen LogP contribution in [-0.2, 0) is 4.79 Å². The van der Waals surface area contributed by atoms with Gasteiger partial charge < -0.3 is 10.1 Å². The summed E-state index contributed by atoms with van der Waals surface area (Å²) in [7, 11) is 1.53. The van der Waals surface area contributed by atoms with Crippen LogP contribution in [0.5, 0.6) is 5.75 Å². The number of hydrogen-bond acceptors (Lipinski definition) is 5. The van der Waals surface area contributed by atoms with Gasteiger partial charge in [0.15, 0.2) is 0 Å². The van der Waals surface area contributed by atoms with Gasteiger partial charge in [0.05, 0.1) is 13.5 Å². The van der Waals surface area contributed by atoms with E-state index in [0.29, 0.717) is 22.8 Å². The van der Waals surface area contributed by atoms with E-state index < -0.39 is 0 Å². The number of hydrogen-bond donors (Lipinski definition) is 2. The number of hydrazone groups is 1. The van der Waals surface area contributed by atoms with Gasteiger partial charge in [-0.05, 0) is 37.3 Å². The van der Waals surface area contributed by atoms with Gasteiger partial charge in [0.1, 0.15) is 11.6 Å². The second kappa shape index (κ2) is 8.42. The Balaban J connectivity index is 1.88. The lowest BCUT2D eigenvalue weighted by Crippen LogP contribution is -2.21. The zero-order chi connectivity index (χ0) is 17.4. The number of nitrogens with zero attached hydrogens (tertiary/aromatic N) is 2. The van der Waals surface area contributed by atoms with Crippen LogP contribution in [0.4, 0.5) is 5.82 Å². The van der Waals surface area contributed by atoms with E-state index in [4.69, 9.17) is 4.74 Å². The maximum Gasteiger partial charge on any atom is 0.271 e. The van der Waals surface area contributed by atoms with E-state index in [2.05, 4.69) is 20.8 Å². The molecule has 1 heterocycles. The first-order chi connectivity index (χ1) is 11.6. The highest BCUT2D eigenvalue weighted by Crippen LogP contribution is 2.12. The van der Waals surface area contributed by atoms with Gasteiger partial charge in [-0.3, -0.25) is 9.59 Å². The molecule has 0 bridgehead atoms. The third-order valence-corrected chi connectivity index (χ3v) is 3.03. The Morgan fingerprint density at radius 3 is 2.75 bits per heavy atom. The summed E-state index contributed by atoms with van der Waals surface area (Å²) in [6.07, 6.45) is 1.64. The molecule has 2 N–H and O–H groups in total. The highest BCUT2D eigenvalue weighted by atomic mass is 16.5. The fourth-order valence-corrected chi connectivity index (χ4v) is 1.87. The molecule has 0 radical (unpaired) electrons. The molecule has 2 amide bonds. The van der Waals surface area contributed by atoms with E-state index in [-0.39, 0.29) is 18.2 Å². The molecule has 0 atom stereocenters. The first-order valence-corrected chi connectivity index (χ1v) is 7.27. The van der Waals surface area contributed by atoms with Crippen LogP contribution in [-0.4, -0.2) is 29.6 Å². The number of aromatic nitrogens is 1. The number of anilines is 1. The van der Waals surface area contributed by atoms with Crippen molar-refractivity contribution in [1.82, 2.24) is 10.4 Å². The predicted molar refractivity (Wildman–Crippen MR) is 91.1 cm³/mol. The lowest BCUT2D eigenvalue weighted by molar-refractivity contribution is -0.115. The van der Waals surface area contributed by atoms with Crippen LogP contribution in [0.25, 0.3) is 0 Å². The molecule has 0 aliphatic heterocycles. The van der Waals surface area contributed by atoms with Gasteiger partial charge in [-0.15, -0.1) is 0 Å². The van der Waals surface area contributed by atoms with Gasteiger partial charge in [-0.25, -0.2) is 10.4 Å². The Labute approximate surface area is 139 Å². The molecule has 0 saturated carbocycles. The summed E-state index contributed by atoms with van der Waals surface area (Å²) in [4.78, 5) is 27.9. The fourth-order valence-electron chi connectivity index (χ4n) is 1.87. The van der Waals surface area contributed by atoms with Crippen LogP contribution in [0.2, 0.25) is 0 Å². The molecule has 0 spiro atoms. The number of methoxy groups -OCH3 is 1. The van der Waals surface area contributed by atoms with E-state index >= 15 is 0 Å². The molecule has 24 heavy (non-hydrogen) atoms. The maximum atomic E-state index is 12.0. The molecule has 0 aliphatic carbocycles. The average molecular weight is 326 g/mol. The van der Waals surface area contributed by atoms with Crippen molar-refractivity contribution in [3.63, 3.8) is 0 Å². The zero-order valence-corrected chi connectivity index (χ0v) is 13.4. The van der Waals surface area contributed by atoms with Crippen molar-refractivity contribution in [3.8, 4) is 5.75 Å². The van der Waals surface area contributed by atoms with E-state index in [9.17, 15) is 9.59 Å². The van der Waals surface area contributed by atoms with E-state index in [0.717, 1.165) is 0 Å². The summed E-state index contributed by atoms with van der Waals surface area (Å²) in [5.74, 6) is 0.415.